The molecule has 0 aromatic carbocycles. The van der Waals surface area contributed by atoms with Gasteiger partial charge in [0.2, 0.25) is 0 Å². The molecule has 1 aromatic rings. The molecule has 4 nitrogen and oxygen atoms in total. The maximum atomic E-state index is 12.1. The van der Waals surface area contributed by atoms with E-state index < -0.39 is 0 Å². The summed E-state index contributed by atoms with van der Waals surface area (Å²) in [6.07, 6.45) is 2.26. The first-order valence-corrected chi connectivity index (χ1v) is 6.67. The number of amides is 1. The van der Waals surface area contributed by atoms with Crippen LogP contribution in [0.25, 0.3) is 0 Å². The Bertz CT molecular complexity index is 445. The van der Waals surface area contributed by atoms with Crippen molar-refractivity contribution >= 4 is 11.7 Å². The van der Waals surface area contributed by atoms with Gasteiger partial charge in [0.05, 0.1) is 0 Å². The summed E-state index contributed by atoms with van der Waals surface area (Å²) >= 11 is 0. The molecule has 1 aliphatic carbocycles. The zero-order valence-corrected chi connectivity index (χ0v) is 11.3. The van der Waals surface area contributed by atoms with Crippen LogP contribution in [-0.4, -0.2) is 23.5 Å². The SMILES string of the molecule is CCNc1cc(C(=O)NC2CC2CC)cc(C)n1. The van der Waals surface area contributed by atoms with Gasteiger partial charge in [-0.15, -0.1) is 0 Å². The van der Waals surface area contributed by atoms with E-state index >= 15 is 0 Å². The van der Waals surface area contributed by atoms with Crippen molar-refractivity contribution in [3.8, 4) is 0 Å². The number of nitrogens with one attached hydrogen (secondary N) is 2. The lowest BCUT2D eigenvalue weighted by Crippen LogP contribution is -2.27. The van der Waals surface area contributed by atoms with Gasteiger partial charge >= 0.3 is 0 Å². The van der Waals surface area contributed by atoms with Crippen LogP contribution in [0.4, 0.5) is 5.82 Å². The van der Waals surface area contributed by atoms with Crippen LogP contribution in [0.2, 0.25) is 0 Å². The molecule has 2 unspecified atom stereocenters. The fraction of sp³-hybridized carbons (Fsp3) is 0.571. The van der Waals surface area contributed by atoms with E-state index in [2.05, 4.69) is 22.5 Å². The number of pyridine rings is 1. The average molecular weight is 247 g/mol. The third-order valence-electron chi connectivity index (χ3n) is 3.34. The van der Waals surface area contributed by atoms with E-state index in [1.807, 2.05) is 26.0 Å². The summed E-state index contributed by atoms with van der Waals surface area (Å²) in [7, 11) is 0. The molecular formula is C14H21N3O. The molecule has 98 valence electrons. The topological polar surface area (TPSA) is 54.0 Å². The molecule has 0 bridgehead atoms. The Morgan fingerprint density at radius 2 is 2.22 bits per heavy atom. The zero-order valence-electron chi connectivity index (χ0n) is 11.3. The molecule has 1 heterocycles. The normalized spacial score (nSPS) is 21.5. The van der Waals surface area contributed by atoms with Crippen molar-refractivity contribution in [2.75, 3.05) is 11.9 Å². The van der Waals surface area contributed by atoms with Gasteiger partial charge in [-0.25, -0.2) is 4.98 Å². The Morgan fingerprint density at radius 3 is 2.83 bits per heavy atom. The number of rotatable bonds is 5. The van der Waals surface area contributed by atoms with Crippen molar-refractivity contribution in [3.05, 3.63) is 23.4 Å². The third kappa shape index (κ3) is 3.00. The molecule has 2 rings (SSSR count). The number of aryl methyl sites for hydroxylation is 1. The molecule has 2 atom stereocenters. The molecule has 0 radical (unpaired) electrons. The Labute approximate surface area is 108 Å². The van der Waals surface area contributed by atoms with Crippen molar-refractivity contribution in [3.63, 3.8) is 0 Å². The maximum Gasteiger partial charge on any atom is 0.251 e. The van der Waals surface area contributed by atoms with Crippen LogP contribution < -0.4 is 10.6 Å². The van der Waals surface area contributed by atoms with Gasteiger partial charge in [0.25, 0.3) is 5.91 Å². The highest BCUT2D eigenvalue weighted by molar-refractivity contribution is 5.95. The van der Waals surface area contributed by atoms with Crippen molar-refractivity contribution in [1.29, 1.82) is 0 Å². The van der Waals surface area contributed by atoms with Crippen LogP contribution in [0.15, 0.2) is 12.1 Å². The van der Waals surface area contributed by atoms with Crippen molar-refractivity contribution < 1.29 is 4.79 Å². The highest BCUT2D eigenvalue weighted by Crippen LogP contribution is 2.33. The van der Waals surface area contributed by atoms with Crippen LogP contribution in [0, 0.1) is 12.8 Å². The van der Waals surface area contributed by atoms with E-state index in [1.54, 1.807) is 0 Å². The number of anilines is 1. The smallest absolute Gasteiger partial charge is 0.251 e. The molecule has 1 aliphatic rings. The van der Waals surface area contributed by atoms with Gasteiger partial charge in [-0.05, 0) is 38.3 Å². The third-order valence-corrected chi connectivity index (χ3v) is 3.34. The maximum absolute atomic E-state index is 12.1. The Hall–Kier alpha value is -1.58. The van der Waals surface area contributed by atoms with E-state index in [9.17, 15) is 4.79 Å². The lowest BCUT2D eigenvalue weighted by Gasteiger charge is -2.08. The summed E-state index contributed by atoms with van der Waals surface area (Å²) in [5, 5.41) is 6.21. The number of aromatic nitrogens is 1. The highest BCUT2D eigenvalue weighted by Gasteiger charge is 2.36. The minimum Gasteiger partial charge on any atom is -0.370 e. The Balaban J connectivity index is 2.05. The van der Waals surface area contributed by atoms with Crippen molar-refractivity contribution in [1.82, 2.24) is 10.3 Å². The molecule has 18 heavy (non-hydrogen) atoms. The summed E-state index contributed by atoms with van der Waals surface area (Å²) in [4.78, 5) is 16.4. The number of nitrogens with zero attached hydrogens (tertiary/aromatic N) is 1. The number of hydrogen-bond acceptors (Lipinski definition) is 3. The molecular weight excluding hydrogens is 226 g/mol. The molecule has 1 saturated carbocycles. The first kappa shape index (κ1) is 12.9. The van der Waals surface area contributed by atoms with Crippen LogP contribution in [0.3, 0.4) is 0 Å². The van der Waals surface area contributed by atoms with E-state index in [0.717, 1.165) is 30.9 Å². The summed E-state index contributed by atoms with van der Waals surface area (Å²) in [6.45, 7) is 6.89. The van der Waals surface area contributed by atoms with Gasteiger partial charge in [-0.2, -0.15) is 0 Å². The van der Waals surface area contributed by atoms with E-state index in [4.69, 9.17) is 0 Å². The van der Waals surface area contributed by atoms with Gasteiger partial charge in [0, 0.05) is 23.8 Å². The lowest BCUT2D eigenvalue weighted by atomic mass is 10.2. The van der Waals surface area contributed by atoms with Gasteiger partial charge in [0.1, 0.15) is 5.82 Å². The molecule has 0 saturated heterocycles. The largest absolute Gasteiger partial charge is 0.370 e. The lowest BCUT2D eigenvalue weighted by molar-refractivity contribution is 0.0949. The Morgan fingerprint density at radius 1 is 1.44 bits per heavy atom. The summed E-state index contributed by atoms with van der Waals surface area (Å²) in [6, 6.07) is 4.02. The van der Waals surface area contributed by atoms with E-state index in [0.29, 0.717) is 17.5 Å². The highest BCUT2D eigenvalue weighted by atomic mass is 16.1. The van der Waals surface area contributed by atoms with Gasteiger partial charge in [0.15, 0.2) is 0 Å². The second-order valence-corrected chi connectivity index (χ2v) is 4.90. The van der Waals surface area contributed by atoms with Crippen LogP contribution in [0.5, 0.6) is 0 Å². The first-order valence-electron chi connectivity index (χ1n) is 6.67. The predicted molar refractivity (Wildman–Crippen MR) is 72.8 cm³/mol. The summed E-state index contributed by atoms with van der Waals surface area (Å²) in [5.41, 5.74) is 1.56. The molecule has 4 heteroatoms. The molecule has 2 N–H and O–H groups in total. The van der Waals surface area contributed by atoms with Gasteiger partial charge in [-0.1, -0.05) is 13.3 Å². The minimum atomic E-state index is 0.0144. The zero-order chi connectivity index (χ0) is 13.1. The van der Waals surface area contributed by atoms with Crippen molar-refractivity contribution in [2.45, 2.75) is 39.7 Å². The second kappa shape index (κ2) is 5.38. The fourth-order valence-corrected chi connectivity index (χ4v) is 2.20. The Kier molecular flexibility index (Phi) is 3.84. The monoisotopic (exact) mass is 247 g/mol. The minimum absolute atomic E-state index is 0.0144. The van der Waals surface area contributed by atoms with Gasteiger partial charge < -0.3 is 10.6 Å². The summed E-state index contributed by atoms with van der Waals surface area (Å²) in [5.74, 6) is 1.45. The van der Waals surface area contributed by atoms with Crippen LogP contribution in [-0.2, 0) is 0 Å². The molecule has 1 fully saturated rings. The average Bonchev–Trinajstić information content (AvgIpc) is 3.07. The van der Waals surface area contributed by atoms with E-state index in [-0.39, 0.29) is 5.91 Å². The van der Waals surface area contributed by atoms with Gasteiger partial charge in [-0.3, -0.25) is 4.79 Å². The van der Waals surface area contributed by atoms with Crippen LogP contribution >= 0.6 is 0 Å². The molecule has 1 aromatic heterocycles. The van der Waals surface area contributed by atoms with Crippen molar-refractivity contribution in [2.24, 2.45) is 5.92 Å². The molecule has 0 aliphatic heterocycles. The second-order valence-electron chi connectivity index (χ2n) is 4.90. The first-order chi connectivity index (χ1) is 8.63. The number of hydrogen-bond donors (Lipinski definition) is 2. The standard InChI is InChI=1S/C14H21N3O/c1-4-10-7-12(10)17-14(18)11-6-9(3)16-13(8-11)15-5-2/h6,8,10,12H,4-5,7H2,1-3H3,(H,15,16)(H,17,18). The molecule has 1 amide bonds. The quantitative estimate of drug-likeness (QED) is 0.839. The number of carbonyl (C=O) groups is 1. The van der Waals surface area contributed by atoms with E-state index in [1.165, 1.54) is 0 Å². The van der Waals surface area contributed by atoms with Crippen LogP contribution in [0.1, 0.15) is 42.7 Å². The number of carbonyl (C=O) groups excluding carboxylic acids is 1. The molecule has 0 spiro atoms. The summed E-state index contributed by atoms with van der Waals surface area (Å²) < 4.78 is 0. The predicted octanol–water partition coefficient (Wildman–Crippen LogP) is 2.35. The fourth-order valence-electron chi connectivity index (χ4n) is 2.20.